The Kier molecular flexibility index (Phi) is 3.46. The van der Waals surface area contributed by atoms with Crippen LogP contribution in [0.5, 0.6) is 0 Å². The van der Waals surface area contributed by atoms with Gasteiger partial charge in [-0.15, -0.1) is 0 Å². The van der Waals surface area contributed by atoms with Gasteiger partial charge in [0.2, 0.25) is 5.78 Å². The van der Waals surface area contributed by atoms with Gasteiger partial charge in [-0.05, 0) is 37.8 Å². The molecule has 1 aromatic rings. The molecule has 0 N–H and O–H groups in total. The summed E-state index contributed by atoms with van der Waals surface area (Å²) in [6.45, 7) is 3.92. The van der Waals surface area contributed by atoms with Crippen molar-refractivity contribution in [3.63, 3.8) is 0 Å². The molecule has 3 heteroatoms. The lowest BCUT2D eigenvalue weighted by Crippen LogP contribution is -2.18. The average Bonchev–Trinajstić information content (AvgIpc) is 2.66. The SMILES string of the molecule is Cc1cn(C2CCCCC2)c(C(=O)C=O)c1C. The maximum Gasteiger partial charge on any atom is 0.241 e. The van der Waals surface area contributed by atoms with Crippen molar-refractivity contribution in [1.29, 1.82) is 0 Å². The molecule has 1 heterocycles. The highest BCUT2D eigenvalue weighted by atomic mass is 16.2. The number of hydrogen-bond acceptors (Lipinski definition) is 2. The highest BCUT2D eigenvalue weighted by Crippen LogP contribution is 2.31. The smallest absolute Gasteiger partial charge is 0.241 e. The molecule has 0 amide bonds. The summed E-state index contributed by atoms with van der Waals surface area (Å²) in [6.07, 6.45) is 8.42. The molecular formula is C14H19NO2. The van der Waals surface area contributed by atoms with Crippen LogP contribution < -0.4 is 0 Å². The lowest BCUT2D eigenvalue weighted by Gasteiger charge is -2.25. The molecule has 92 valence electrons. The quantitative estimate of drug-likeness (QED) is 0.457. The van der Waals surface area contributed by atoms with Crippen molar-refractivity contribution >= 4 is 12.1 Å². The van der Waals surface area contributed by atoms with E-state index in [-0.39, 0.29) is 5.78 Å². The van der Waals surface area contributed by atoms with Gasteiger partial charge in [0.05, 0.1) is 5.69 Å². The molecule has 1 fully saturated rings. The van der Waals surface area contributed by atoms with Crippen LogP contribution in [0.15, 0.2) is 6.20 Å². The van der Waals surface area contributed by atoms with Crippen molar-refractivity contribution in [3.05, 3.63) is 23.0 Å². The highest BCUT2D eigenvalue weighted by molar-refractivity contribution is 6.33. The van der Waals surface area contributed by atoms with Gasteiger partial charge < -0.3 is 4.57 Å². The molecule has 3 nitrogen and oxygen atoms in total. The van der Waals surface area contributed by atoms with Gasteiger partial charge in [-0.25, -0.2) is 0 Å². The molecule has 0 saturated heterocycles. The molecule has 0 atom stereocenters. The first-order valence-electron chi connectivity index (χ1n) is 6.32. The van der Waals surface area contributed by atoms with Crippen molar-refractivity contribution in [1.82, 2.24) is 4.57 Å². The molecule has 2 rings (SSSR count). The third kappa shape index (κ3) is 2.19. The molecular weight excluding hydrogens is 214 g/mol. The van der Waals surface area contributed by atoms with Crippen LogP contribution >= 0.6 is 0 Å². The van der Waals surface area contributed by atoms with Crippen LogP contribution in [0.3, 0.4) is 0 Å². The number of carbonyl (C=O) groups is 2. The molecule has 0 radical (unpaired) electrons. The van der Waals surface area contributed by atoms with E-state index in [4.69, 9.17) is 0 Å². The fourth-order valence-corrected chi connectivity index (χ4v) is 2.77. The first-order chi connectivity index (χ1) is 8.15. The van der Waals surface area contributed by atoms with E-state index in [9.17, 15) is 9.59 Å². The second-order valence-corrected chi connectivity index (χ2v) is 4.97. The summed E-state index contributed by atoms with van der Waals surface area (Å²) in [6, 6.07) is 0.398. The maximum absolute atomic E-state index is 11.7. The van der Waals surface area contributed by atoms with Crippen molar-refractivity contribution in [2.45, 2.75) is 52.0 Å². The number of aromatic nitrogens is 1. The van der Waals surface area contributed by atoms with Crippen LogP contribution in [0.25, 0.3) is 0 Å². The minimum atomic E-state index is -0.388. The Bertz CT molecular complexity index is 439. The van der Waals surface area contributed by atoms with Crippen LogP contribution in [0.4, 0.5) is 0 Å². The average molecular weight is 233 g/mol. The van der Waals surface area contributed by atoms with E-state index in [0.29, 0.717) is 18.0 Å². The second-order valence-electron chi connectivity index (χ2n) is 4.97. The standard InChI is InChI=1S/C14H19NO2/c1-10-8-15(12-6-4-3-5-7-12)14(11(10)2)13(17)9-16/h8-9,12H,3-7H2,1-2H3. The molecule has 1 aromatic heterocycles. The van der Waals surface area contributed by atoms with Gasteiger partial charge in [0.25, 0.3) is 0 Å². The lowest BCUT2D eigenvalue weighted by molar-refractivity contribution is -0.104. The third-order valence-electron chi connectivity index (χ3n) is 3.85. The van der Waals surface area contributed by atoms with E-state index in [0.717, 1.165) is 24.0 Å². The summed E-state index contributed by atoms with van der Waals surface area (Å²) < 4.78 is 2.04. The van der Waals surface area contributed by atoms with Gasteiger partial charge in [-0.3, -0.25) is 9.59 Å². The zero-order valence-corrected chi connectivity index (χ0v) is 10.5. The summed E-state index contributed by atoms with van der Waals surface area (Å²) in [5, 5.41) is 0. The Labute approximate surface area is 102 Å². The summed E-state index contributed by atoms with van der Waals surface area (Å²) in [7, 11) is 0. The third-order valence-corrected chi connectivity index (χ3v) is 3.85. The maximum atomic E-state index is 11.7. The van der Waals surface area contributed by atoms with Crippen LogP contribution in [0, 0.1) is 13.8 Å². The zero-order chi connectivity index (χ0) is 12.4. The Morgan fingerprint density at radius 2 is 1.94 bits per heavy atom. The largest absolute Gasteiger partial charge is 0.341 e. The van der Waals surface area contributed by atoms with E-state index in [1.54, 1.807) is 0 Å². The number of ketones is 1. The fraction of sp³-hybridized carbons (Fsp3) is 0.571. The van der Waals surface area contributed by atoms with Gasteiger partial charge in [0.15, 0.2) is 6.29 Å². The van der Waals surface area contributed by atoms with Crippen LogP contribution in [-0.4, -0.2) is 16.6 Å². The van der Waals surface area contributed by atoms with Crippen LogP contribution in [0.1, 0.15) is 59.8 Å². The summed E-state index contributed by atoms with van der Waals surface area (Å²) >= 11 is 0. The molecule has 1 aliphatic rings. The van der Waals surface area contributed by atoms with E-state index in [2.05, 4.69) is 0 Å². The molecule has 0 unspecified atom stereocenters. The Balaban J connectivity index is 2.41. The number of carbonyl (C=O) groups excluding carboxylic acids is 2. The second kappa shape index (κ2) is 4.86. The Morgan fingerprint density at radius 1 is 1.29 bits per heavy atom. The molecule has 0 bridgehead atoms. The van der Waals surface area contributed by atoms with Crippen molar-refractivity contribution in [2.24, 2.45) is 0 Å². The minimum Gasteiger partial charge on any atom is -0.341 e. The van der Waals surface area contributed by atoms with E-state index < -0.39 is 0 Å². The summed E-state index contributed by atoms with van der Waals surface area (Å²) in [5.41, 5.74) is 2.65. The van der Waals surface area contributed by atoms with E-state index in [1.165, 1.54) is 19.3 Å². The topological polar surface area (TPSA) is 39.1 Å². The van der Waals surface area contributed by atoms with Gasteiger partial charge in [-0.1, -0.05) is 19.3 Å². The fourth-order valence-electron chi connectivity index (χ4n) is 2.77. The van der Waals surface area contributed by atoms with Gasteiger partial charge in [0, 0.05) is 12.2 Å². The molecule has 0 spiro atoms. The molecule has 0 aliphatic heterocycles. The van der Waals surface area contributed by atoms with E-state index in [1.807, 2.05) is 24.6 Å². The number of hydrogen-bond donors (Lipinski definition) is 0. The van der Waals surface area contributed by atoms with Crippen molar-refractivity contribution < 1.29 is 9.59 Å². The number of aryl methyl sites for hydroxylation is 1. The number of Topliss-reactive ketones (excluding diaryl/α,β-unsaturated/α-hetero) is 1. The van der Waals surface area contributed by atoms with Crippen LogP contribution in [-0.2, 0) is 4.79 Å². The number of nitrogens with zero attached hydrogens (tertiary/aromatic N) is 1. The van der Waals surface area contributed by atoms with Gasteiger partial charge in [0.1, 0.15) is 0 Å². The summed E-state index contributed by atoms with van der Waals surface area (Å²) in [4.78, 5) is 22.5. The van der Waals surface area contributed by atoms with E-state index >= 15 is 0 Å². The molecule has 17 heavy (non-hydrogen) atoms. The van der Waals surface area contributed by atoms with Crippen molar-refractivity contribution in [2.75, 3.05) is 0 Å². The lowest BCUT2D eigenvalue weighted by atomic mass is 9.95. The molecule has 0 aromatic carbocycles. The molecule has 1 saturated carbocycles. The monoisotopic (exact) mass is 233 g/mol. The number of aldehydes is 1. The Morgan fingerprint density at radius 3 is 2.53 bits per heavy atom. The van der Waals surface area contributed by atoms with Gasteiger partial charge >= 0.3 is 0 Å². The molecule has 1 aliphatic carbocycles. The van der Waals surface area contributed by atoms with Crippen molar-refractivity contribution in [3.8, 4) is 0 Å². The normalized spacial score (nSPS) is 17.1. The summed E-state index contributed by atoms with van der Waals surface area (Å²) in [5.74, 6) is -0.388. The zero-order valence-electron chi connectivity index (χ0n) is 10.5. The first-order valence-corrected chi connectivity index (χ1v) is 6.32. The number of rotatable bonds is 3. The predicted molar refractivity (Wildman–Crippen MR) is 66.4 cm³/mol. The van der Waals surface area contributed by atoms with Crippen LogP contribution in [0.2, 0.25) is 0 Å². The first kappa shape index (κ1) is 12.1. The highest BCUT2D eigenvalue weighted by Gasteiger charge is 2.23. The predicted octanol–water partition coefficient (Wildman–Crippen LogP) is 2.99. The minimum absolute atomic E-state index is 0.388. The van der Waals surface area contributed by atoms with Gasteiger partial charge in [-0.2, -0.15) is 0 Å². The Hall–Kier alpha value is -1.38.